The van der Waals surface area contributed by atoms with Crippen molar-refractivity contribution < 1.29 is 23.0 Å². The van der Waals surface area contributed by atoms with Crippen LogP contribution in [0.15, 0.2) is 29.8 Å². The number of alkyl halides is 2. The van der Waals surface area contributed by atoms with Crippen LogP contribution in [0, 0.1) is 11.3 Å². The molecule has 0 fully saturated rings. The van der Waals surface area contributed by atoms with Crippen LogP contribution in [0.4, 0.5) is 8.78 Å². The SMILES string of the molecule is CCCCOC(=O)/C(C#N)=C\c1ccccc1OC(F)F. The monoisotopic (exact) mass is 295 g/mol. The molecule has 21 heavy (non-hydrogen) atoms. The lowest BCUT2D eigenvalue weighted by molar-refractivity contribution is -0.138. The third-order valence-corrected chi connectivity index (χ3v) is 2.51. The summed E-state index contributed by atoms with van der Waals surface area (Å²) in [7, 11) is 0. The number of nitriles is 1. The summed E-state index contributed by atoms with van der Waals surface area (Å²) >= 11 is 0. The minimum atomic E-state index is -2.98. The first-order valence-electron chi connectivity index (χ1n) is 6.41. The Balaban J connectivity index is 2.93. The molecule has 0 saturated carbocycles. The van der Waals surface area contributed by atoms with E-state index in [0.29, 0.717) is 6.42 Å². The average molecular weight is 295 g/mol. The van der Waals surface area contributed by atoms with Gasteiger partial charge in [0.05, 0.1) is 6.61 Å². The second kappa shape index (κ2) is 8.69. The van der Waals surface area contributed by atoms with E-state index in [1.54, 1.807) is 12.1 Å². The lowest BCUT2D eigenvalue weighted by Crippen LogP contribution is -2.08. The minimum absolute atomic E-state index is 0.110. The van der Waals surface area contributed by atoms with Gasteiger partial charge in [0.25, 0.3) is 0 Å². The van der Waals surface area contributed by atoms with E-state index in [1.165, 1.54) is 24.3 Å². The number of benzene rings is 1. The predicted octanol–water partition coefficient (Wildman–Crippen LogP) is 3.54. The van der Waals surface area contributed by atoms with E-state index in [1.807, 2.05) is 6.92 Å². The Morgan fingerprint density at radius 3 is 2.76 bits per heavy atom. The molecule has 0 aromatic heterocycles. The Morgan fingerprint density at radius 1 is 1.43 bits per heavy atom. The minimum Gasteiger partial charge on any atom is -0.462 e. The Labute approximate surface area is 121 Å². The molecule has 0 heterocycles. The summed E-state index contributed by atoms with van der Waals surface area (Å²) in [6.07, 6.45) is 2.71. The highest BCUT2D eigenvalue weighted by Crippen LogP contribution is 2.23. The third-order valence-electron chi connectivity index (χ3n) is 2.51. The van der Waals surface area contributed by atoms with Crippen LogP contribution in [-0.2, 0) is 9.53 Å². The number of hydrogen-bond donors (Lipinski definition) is 0. The molecule has 1 rings (SSSR count). The molecule has 112 valence electrons. The Bertz CT molecular complexity index is 550. The second-order valence-corrected chi connectivity index (χ2v) is 4.08. The lowest BCUT2D eigenvalue weighted by Gasteiger charge is -2.08. The number of carbonyl (C=O) groups excluding carboxylic acids is 1. The quantitative estimate of drug-likeness (QED) is 0.334. The summed E-state index contributed by atoms with van der Waals surface area (Å²) in [5.41, 5.74) is -0.0572. The molecule has 4 nitrogen and oxygen atoms in total. The van der Waals surface area contributed by atoms with E-state index >= 15 is 0 Å². The molecular formula is C15H15F2NO3. The summed E-state index contributed by atoms with van der Waals surface area (Å²) < 4.78 is 33.8. The van der Waals surface area contributed by atoms with Gasteiger partial charge >= 0.3 is 12.6 Å². The fourth-order valence-electron chi connectivity index (χ4n) is 1.48. The first kappa shape index (κ1) is 16.6. The van der Waals surface area contributed by atoms with Gasteiger partial charge in [0.2, 0.25) is 0 Å². The molecule has 0 radical (unpaired) electrons. The highest BCUT2D eigenvalue weighted by atomic mass is 19.3. The Hall–Kier alpha value is -2.42. The Morgan fingerprint density at radius 2 is 2.14 bits per heavy atom. The number of ether oxygens (including phenoxy) is 2. The molecule has 0 atom stereocenters. The zero-order chi connectivity index (χ0) is 15.7. The number of carbonyl (C=O) groups is 1. The van der Waals surface area contributed by atoms with Crippen LogP contribution < -0.4 is 4.74 Å². The van der Waals surface area contributed by atoms with Gasteiger partial charge in [0, 0.05) is 5.56 Å². The van der Waals surface area contributed by atoms with Gasteiger partial charge in [0.15, 0.2) is 0 Å². The van der Waals surface area contributed by atoms with Crippen LogP contribution in [0.2, 0.25) is 0 Å². The van der Waals surface area contributed by atoms with Gasteiger partial charge in [-0.05, 0) is 18.6 Å². The van der Waals surface area contributed by atoms with Crippen LogP contribution in [0.25, 0.3) is 6.08 Å². The number of halogens is 2. The van der Waals surface area contributed by atoms with Gasteiger partial charge in [-0.25, -0.2) is 4.79 Å². The van der Waals surface area contributed by atoms with E-state index in [2.05, 4.69) is 4.74 Å². The lowest BCUT2D eigenvalue weighted by atomic mass is 10.1. The van der Waals surface area contributed by atoms with Crippen molar-refractivity contribution in [2.75, 3.05) is 6.61 Å². The summed E-state index contributed by atoms with van der Waals surface area (Å²) in [6.45, 7) is -0.835. The zero-order valence-corrected chi connectivity index (χ0v) is 11.5. The summed E-state index contributed by atoms with van der Waals surface area (Å²) in [4.78, 5) is 11.7. The smallest absolute Gasteiger partial charge is 0.387 e. The van der Waals surface area contributed by atoms with E-state index in [4.69, 9.17) is 10.00 Å². The first-order chi connectivity index (χ1) is 10.1. The number of hydrogen-bond acceptors (Lipinski definition) is 4. The number of unbranched alkanes of at least 4 members (excludes halogenated alkanes) is 1. The predicted molar refractivity (Wildman–Crippen MR) is 72.5 cm³/mol. The summed E-state index contributed by atoms with van der Waals surface area (Å²) in [5, 5.41) is 8.98. The van der Waals surface area contributed by atoms with E-state index in [9.17, 15) is 13.6 Å². The molecule has 0 saturated heterocycles. The van der Waals surface area contributed by atoms with E-state index < -0.39 is 12.6 Å². The molecule has 0 spiro atoms. The highest BCUT2D eigenvalue weighted by molar-refractivity contribution is 5.98. The Kier molecular flexibility index (Phi) is 6.88. The van der Waals surface area contributed by atoms with Gasteiger partial charge in [-0.2, -0.15) is 14.0 Å². The van der Waals surface area contributed by atoms with Crippen molar-refractivity contribution in [1.82, 2.24) is 0 Å². The van der Waals surface area contributed by atoms with Crippen molar-refractivity contribution in [2.24, 2.45) is 0 Å². The first-order valence-corrected chi connectivity index (χ1v) is 6.41. The van der Waals surface area contributed by atoms with Crippen molar-refractivity contribution in [2.45, 2.75) is 26.4 Å². The summed E-state index contributed by atoms with van der Waals surface area (Å²) in [5.74, 6) is -0.889. The fourth-order valence-corrected chi connectivity index (χ4v) is 1.48. The van der Waals surface area contributed by atoms with Crippen LogP contribution in [0.5, 0.6) is 5.75 Å². The number of para-hydroxylation sites is 1. The number of nitrogens with zero attached hydrogens (tertiary/aromatic N) is 1. The van der Waals surface area contributed by atoms with Crippen LogP contribution in [0.3, 0.4) is 0 Å². The molecule has 1 aromatic rings. The second-order valence-electron chi connectivity index (χ2n) is 4.08. The fraction of sp³-hybridized carbons (Fsp3) is 0.333. The van der Waals surface area contributed by atoms with Crippen LogP contribution in [-0.4, -0.2) is 19.2 Å². The molecule has 0 aliphatic carbocycles. The van der Waals surface area contributed by atoms with E-state index in [0.717, 1.165) is 6.42 Å². The van der Waals surface area contributed by atoms with Crippen molar-refractivity contribution in [3.8, 4) is 11.8 Å². The molecule has 0 aliphatic heterocycles. The molecule has 1 aromatic carbocycles. The van der Waals surface area contributed by atoms with Gasteiger partial charge in [-0.1, -0.05) is 31.5 Å². The zero-order valence-electron chi connectivity index (χ0n) is 11.5. The molecule has 0 bridgehead atoms. The number of esters is 1. The third kappa shape index (κ3) is 5.61. The van der Waals surface area contributed by atoms with Gasteiger partial charge in [-0.3, -0.25) is 0 Å². The standard InChI is InChI=1S/C15H15F2NO3/c1-2-3-8-20-14(19)12(10-18)9-11-6-4-5-7-13(11)21-15(16)17/h4-7,9,15H,2-3,8H2,1H3/b12-9-. The summed E-state index contributed by atoms with van der Waals surface area (Å²) in [6, 6.07) is 7.60. The topological polar surface area (TPSA) is 59.3 Å². The molecule has 0 N–H and O–H groups in total. The van der Waals surface area contributed by atoms with Crippen LogP contribution in [0.1, 0.15) is 25.3 Å². The maximum atomic E-state index is 12.3. The molecule has 6 heteroatoms. The van der Waals surface area contributed by atoms with Gasteiger partial charge in [-0.15, -0.1) is 0 Å². The van der Waals surface area contributed by atoms with Crippen molar-refractivity contribution >= 4 is 12.0 Å². The molecular weight excluding hydrogens is 280 g/mol. The van der Waals surface area contributed by atoms with Crippen molar-refractivity contribution in [3.05, 3.63) is 35.4 Å². The number of rotatable bonds is 7. The highest BCUT2D eigenvalue weighted by Gasteiger charge is 2.13. The molecule has 0 aliphatic rings. The molecule has 0 amide bonds. The normalized spacial score (nSPS) is 11.1. The average Bonchev–Trinajstić information content (AvgIpc) is 2.45. The maximum absolute atomic E-state index is 12.3. The van der Waals surface area contributed by atoms with Crippen molar-refractivity contribution in [1.29, 1.82) is 5.26 Å². The van der Waals surface area contributed by atoms with Gasteiger partial charge < -0.3 is 9.47 Å². The maximum Gasteiger partial charge on any atom is 0.387 e. The molecule has 0 unspecified atom stereocenters. The largest absolute Gasteiger partial charge is 0.462 e. The van der Waals surface area contributed by atoms with Crippen molar-refractivity contribution in [3.63, 3.8) is 0 Å². The van der Waals surface area contributed by atoms with Crippen LogP contribution >= 0.6 is 0 Å². The van der Waals surface area contributed by atoms with Gasteiger partial charge in [0.1, 0.15) is 17.4 Å². The van der Waals surface area contributed by atoms with E-state index in [-0.39, 0.29) is 23.5 Å².